The van der Waals surface area contributed by atoms with Gasteiger partial charge in [0.15, 0.2) is 0 Å². The van der Waals surface area contributed by atoms with Crippen LogP contribution in [-0.4, -0.2) is 0 Å². The second-order valence-corrected chi connectivity index (χ2v) is 19.3. The van der Waals surface area contributed by atoms with Gasteiger partial charge in [0.1, 0.15) is 11.2 Å². The number of nitrogens with zero attached hydrogens (tertiary/aromatic N) is 2. The molecule has 352 valence electrons. The van der Waals surface area contributed by atoms with E-state index in [-0.39, 0.29) is 0 Å². The Bertz CT molecular complexity index is 4420. The highest BCUT2D eigenvalue weighted by atomic mass is 16.3. The number of para-hydroxylation sites is 1. The van der Waals surface area contributed by atoms with Crippen LogP contribution in [0.1, 0.15) is 0 Å². The van der Waals surface area contributed by atoms with Crippen molar-refractivity contribution in [3.8, 4) is 44.5 Å². The van der Waals surface area contributed by atoms with E-state index in [1.54, 1.807) is 0 Å². The van der Waals surface area contributed by atoms with Gasteiger partial charge >= 0.3 is 0 Å². The molecule has 3 heteroatoms. The van der Waals surface area contributed by atoms with Gasteiger partial charge in [-0.1, -0.05) is 212 Å². The van der Waals surface area contributed by atoms with Crippen molar-refractivity contribution in [2.75, 3.05) is 9.80 Å². The zero-order chi connectivity index (χ0) is 49.7. The van der Waals surface area contributed by atoms with E-state index in [2.05, 4.69) is 295 Å². The summed E-state index contributed by atoms with van der Waals surface area (Å²) >= 11 is 0. The number of benzene rings is 13. The first-order valence-corrected chi connectivity index (χ1v) is 25.6. The molecular weight excluding hydrogens is 909 g/mol. The number of hydrogen-bond acceptors (Lipinski definition) is 3. The molecule has 0 aliphatic rings. The van der Waals surface area contributed by atoms with Crippen LogP contribution >= 0.6 is 0 Å². The summed E-state index contributed by atoms with van der Waals surface area (Å²) in [6.07, 6.45) is 0. The molecule has 1 aromatic heterocycles. The molecule has 14 rings (SSSR count). The Kier molecular flexibility index (Phi) is 10.8. The minimum absolute atomic E-state index is 0.889. The summed E-state index contributed by atoms with van der Waals surface area (Å²) in [4.78, 5) is 4.81. The zero-order valence-corrected chi connectivity index (χ0v) is 41.0. The van der Waals surface area contributed by atoms with Crippen molar-refractivity contribution < 1.29 is 4.42 Å². The molecular formula is C72H48N2O. The molecule has 3 nitrogen and oxygen atoms in total. The van der Waals surface area contributed by atoms with Gasteiger partial charge in [0.25, 0.3) is 0 Å². The topological polar surface area (TPSA) is 19.6 Å². The third kappa shape index (κ3) is 8.04. The molecule has 0 saturated carbocycles. The van der Waals surface area contributed by atoms with Crippen LogP contribution in [0.3, 0.4) is 0 Å². The van der Waals surface area contributed by atoms with Gasteiger partial charge in [0.2, 0.25) is 0 Å². The summed E-state index contributed by atoms with van der Waals surface area (Å²) in [6.45, 7) is 0. The average Bonchev–Trinajstić information content (AvgIpc) is 3.89. The van der Waals surface area contributed by atoms with Crippen molar-refractivity contribution in [3.63, 3.8) is 0 Å². The van der Waals surface area contributed by atoms with Crippen LogP contribution in [0.15, 0.2) is 296 Å². The van der Waals surface area contributed by atoms with Crippen LogP contribution in [0, 0.1) is 0 Å². The van der Waals surface area contributed by atoms with Crippen LogP contribution in [0.4, 0.5) is 34.1 Å². The molecule has 13 aromatic carbocycles. The second kappa shape index (κ2) is 18.6. The molecule has 1 heterocycles. The zero-order valence-electron chi connectivity index (χ0n) is 41.0. The van der Waals surface area contributed by atoms with Crippen molar-refractivity contribution in [3.05, 3.63) is 291 Å². The SMILES string of the molecule is c1ccc(-c2ccc(-c3ccc(N(c4cccc(-c5cccc(N(c6ccc7ccccc7c6)c6ccc(-c7cccc8oc9ccccc9c78)c7ccccc67)c5)c4)c4ccc5ccccc5c4)cc3)cc2)cc1. The lowest BCUT2D eigenvalue weighted by molar-refractivity contribution is 0.669. The number of hydrogen-bond donors (Lipinski definition) is 0. The molecule has 0 radical (unpaired) electrons. The summed E-state index contributed by atoms with van der Waals surface area (Å²) in [5.41, 5.74) is 17.6. The lowest BCUT2D eigenvalue weighted by Crippen LogP contribution is -2.11. The minimum Gasteiger partial charge on any atom is -0.456 e. The molecule has 0 atom stereocenters. The third-order valence-corrected chi connectivity index (χ3v) is 14.8. The molecule has 0 unspecified atom stereocenters. The molecule has 14 aromatic rings. The summed E-state index contributed by atoms with van der Waals surface area (Å²) in [5, 5.41) is 9.37. The minimum atomic E-state index is 0.889. The van der Waals surface area contributed by atoms with Crippen LogP contribution in [0.5, 0.6) is 0 Å². The summed E-state index contributed by atoms with van der Waals surface area (Å²) in [6, 6.07) is 105. The van der Waals surface area contributed by atoms with Crippen molar-refractivity contribution in [2.24, 2.45) is 0 Å². The molecule has 0 N–H and O–H groups in total. The summed E-state index contributed by atoms with van der Waals surface area (Å²) in [5.74, 6) is 0. The first-order valence-electron chi connectivity index (χ1n) is 25.6. The first-order chi connectivity index (χ1) is 37.2. The van der Waals surface area contributed by atoms with Gasteiger partial charge in [-0.05, 0) is 150 Å². The first kappa shape index (κ1) is 43.8. The molecule has 0 aliphatic carbocycles. The maximum absolute atomic E-state index is 6.39. The van der Waals surface area contributed by atoms with Crippen LogP contribution in [-0.2, 0) is 0 Å². The molecule has 0 amide bonds. The van der Waals surface area contributed by atoms with E-state index in [1.165, 1.54) is 54.7 Å². The highest BCUT2D eigenvalue weighted by Gasteiger charge is 2.21. The van der Waals surface area contributed by atoms with E-state index in [0.717, 1.165) is 78.1 Å². The Labute approximate surface area is 436 Å². The molecule has 0 fully saturated rings. The van der Waals surface area contributed by atoms with Gasteiger partial charge in [-0.15, -0.1) is 0 Å². The number of fused-ring (bicyclic) bond motifs is 6. The van der Waals surface area contributed by atoms with Gasteiger partial charge in [-0.3, -0.25) is 0 Å². The predicted molar refractivity (Wildman–Crippen MR) is 317 cm³/mol. The van der Waals surface area contributed by atoms with Crippen LogP contribution < -0.4 is 9.80 Å². The average molecular weight is 957 g/mol. The fraction of sp³-hybridized carbons (Fsp3) is 0. The largest absolute Gasteiger partial charge is 0.456 e. The Morgan fingerprint density at radius 1 is 0.227 bits per heavy atom. The van der Waals surface area contributed by atoms with E-state index < -0.39 is 0 Å². The maximum Gasteiger partial charge on any atom is 0.136 e. The van der Waals surface area contributed by atoms with Crippen LogP contribution in [0.2, 0.25) is 0 Å². The lowest BCUT2D eigenvalue weighted by atomic mass is 9.93. The maximum atomic E-state index is 6.39. The Balaban J connectivity index is 0.878. The highest BCUT2D eigenvalue weighted by Crippen LogP contribution is 2.46. The molecule has 75 heavy (non-hydrogen) atoms. The number of furan rings is 1. The van der Waals surface area contributed by atoms with Gasteiger partial charge in [-0.25, -0.2) is 0 Å². The monoisotopic (exact) mass is 956 g/mol. The number of rotatable bonds is 10. The standard InChI is InChI=1S/C72H48N2O/c1-2-15-49(16-3-1)52-31-33-53(34-32-52)54-35-39-59(40-36-54)73(62-41-37-50-17-4-6-19-55(50)45-62)60-23-12-21-57(47-60)58-22-13-24-61(48-58)74(63-42-38-51-18-5-7-20-56(51)46-63)69-44-43-65(64-25-8-9-26-66(64)69)67-28-14-30-71-72(67)68-27-10-11-29-70(68)75-71/h1-48H. The van der Waals surface area contributed by atoms with E-state index in [0.29, 0.717) is 0 Å². The van der Waals surface area contributed by atoms with Crippen molar-refractivity contribution >= 4 is 88.4 Å². The van der Waals surface area contributed by atoms with Gasteiger partial charge in [0, 0.05) is 44.6 Å². The molecule has 0 spiro atoms. The molecule has 0 saturated heterocycles. The molecule has 0 aliphatic heterocycles. The van der Waals surface area contributed by atoms with Gasteiger partial charge in [0.05, 0.1) is 5.69 Å². The van der Waals surface area contributed by atoms with E-state index in [4.69, 9.17) is 4.42 Å². The van der Waals surface area contributed by atoms with Crippen molar-refractivity contribution in [1.82, 2.24) is 0 Å². The smallest absolute Gasteiger partial charge is 0.136 e. The predicted octanol–water partition coefficient (Wildman–Crippen LogP) is 20.7. The summed E-state index contributed by atoms with van der Waals surface area (Å²) < 4.78 is 6.39. The normalized spacial score (nSPS) is 11.5. The summed E-state index contributed by atoms with van der Waals surface area (Å²) in [7, 11) is 0. The quantitative estimate of drug-likeness (QED) is 0.136. The van der Waals surface area contributed by atoms with Gasteiger partial charge in [-0.2, -0.15) is 0 Å². The fourth-order valence-electron chi connectivity index (χ4n) is 11.2. The molecule has 0 bridgehead atoms. The van der Waals surface area contributed by atoms with Gasteiger partial charge < -0.3 is 14.2 Å². The fourth-order valence-corrected chi connectivity index (χ4v) is 11.2. The number of anilines is 6. The van der Waals surface area contributed by atoms with Crippen LogP contribution in [0.25, 0.3) is 98.8 Å². The Hall–Kier alpha value is -9.96. The van der Waals surface area contributed by atoms with E-state index >= 15 is 0 Å². The second-order valence-electron chi connectivity index (χ2n) is 19.3. The van der Waals surface area contributed by atoms with Crippen molar-refractivity contribution in [2.45, 2.75) is 0 Å². The van der Waals surface area contributed by atoms with E-state index in [1.807, 2.05) is 6.07 Å². The third-order valence-electron chi connectivity index (χ3n) is 14.8. The lowest BCUT2D eigenvalue weighted by Gasteiger charge is -2.28. The Morgan fingerprint density at radius 2 is 0.680 bits per heavy atom. The van der Waals surface area contributed by atoms with Crippen molar-refractivity contribution in [1.29, 1.82) is 0 Å². The van der Waals surface area contributed by atoms with E-state index in [9.17, 15) is 0 Å². The Morgan fingerprint density at radius 3 is 1.33 bits per heavy atom. The highest BCUT2D eigenvalue weighted by molar-refractivity contribution is 6.17.